The van der Waals surface area contributed by atoms with E-state index in [4.69, 9.17) is 4.74 Å². The van der Waals surface area contributed by atoms with Gasteiger partial charge in [0.25, 0.3) is 0 Å². The van der Waals surface area contributed by atoms with E-state index in [-0.39, 0.29) is 17.7 Å². The number of carbonyl (C=O) groups excluding carboxylic acids is 2. The lowest BCUT2D eigenvalue weighted by Crippen LogP contribution is -2.50. The summed E-state index contributed by atoms with van der Waals surface area (Å²) >= 11 is 0. The highest BCUT2D eigenvalue weighted by Crippen LogP contribution is 2.45. The molecule has 1 saturated carbocycles. The first-order chi connectivity index (χ1) is 8.10. The summed E-state index contributed by atoms with van der Waals surface area (Å²) in [4.78, 5) is 26.5. The molecule has 0 N–H and O–H groups in total. The van der Waals surface area contributed by atoms with Crippen LogP contribution in [0.4, 0.5) is 0 Å². The number of piperidine rings is 1. The van der Waals surface area contributed by atoms with Gasteiger partial charge in [-0.2, -0.15) is 0 Å². The van der Waals surface area contributed by atoms with Crippen molar-refractivity contribution in [2.24, 2.45) is 11.3 Å². The summed E-state index contributed by atoms with van der Waals surface area (Å²) in [5.41, 5.74) is -0.782. The zero-order valence-electron chi connectivity index (χ0n) is 10.7. The molecule has 1 heterocycles. The Morgan fingerprint density at radius 2 is 1.82 bits per heavy atom. The summed E-state index contributed by atoms with van der Waals surface area (Å²) in [5.74, 6) is -0.109. The lowest BCUT2D eigenvalue weighted by Gasteiger charge is -2.41. The molecule has 1 saturated heterocycles. The van der Waals surface area contributed by atoms with E-state index in [1.54, 1.807) is 0 Å². The van der Waals surface area contributed by atoms with E-state index in [2.05, 4.69) is 11.9 Å². The predicted molar refractivity (Wildman–Crippen MR) is 63.5 cm³/mol. The fraction of sp³-hybridized carbons (Fsp3) is 0.846. The van der Waals surface area contributed by atoms with E-state index >= 15 is 0 Å². The van der Waals surface area contributed by atoms with Gasteiger partial charge < -0.3 is 9.64 Å². The number of likely N-dealkylation sites (tertiary alicyclic amines) is 1. The molecular weight excluding hydrogens is 218 g/mol. The summed E-state index contributed by atoms with van der Waals surface area (Å²) < 4.78 is 4.82. The number of esters is 1. The molecule has 2 aliphatic rings. The number of ketones is 1. The van der Waals surface area contributed by atoms with Crippen molar-refractivity contribution < 1.29 is 14.3 Å². The number of carbonyl (C=O) groups is 2. The molecule has 0 aromatic heterocycles. The van der Waals surface area contributed by atoms with Gasteiger partial charge in [0, 0.05) is 5.92 Å². The van der Waals surface area contributed by atoms with Crippen LogP contribution in [0.2, 0.25) is 0 Å². The Hall–Kier alpha value is -0.900. The molecule has 1 aliphatic heterocycles. The lowest BCUT2D eigenvalue weighted by molar-refractivity contribution is -0.166. The van der Waals surface area contributed by atoms with E-state index in [1.807, 2.05) is 0 Å². The Balaban J connectivity index is 2.05. The highest BCUT2D eigenvalue weighted by atomic mass is 16.5. The summed E-state index contributed by atoms with van der Waals surface area (Å²) in [5, 5.41) is 0. The third kappa shape index (κ3) is 2.10. The van der Waals surface area contributed by atoms with Gasteiger partial charge in [-0.25, -0.2) is 0 Å². The number of Topliss-reactive ketones (excluding diaryl/α,β-unsaturated/α-hetero) is 1. The number of hydrogen-bond acceptors (Lipinski definition) is 4. The Morgan fingerprint density at radius 1 is 1.24 bits per heavy atom. The van der Waals surface area contributed by atoms with Gasteiger partial charge in [0.15, 0.2) is 5.78 Å². The van der Waals surface area contributed by atoms with Crippen molar-refractivity contribution >= 4 is 11.8 Å². The van der Waals surface area contributed by atoms with Crippen molar-refractivity contribution in [2.45, 2.75) is 32.1 Å². The maximum atomic E-state index is 12.5. The minimum Gasteiger partial charge on any atom is -0.468 e. The van der Waals surface area contributed by atoms with Gasteiger partial charge in [0.05, 0.1) is 7.11 Å². The first-order valence-electron chi connectivity index (χ1n) is 6.41. The second-order valence-electron chi connectivity index (χ2n) is 5.37. The van der Waals surface area contributed by atoms with Crippen LogP contribution < -0.4 is 0 Å². The molecule has 0 amide bonds. The summed E-state index contributed by atoms with van der Waals surface area (Å²) in [6, 6.07) is 0. The van der Waals surface area contributed by atoms with E-state index in [1.165, 1.54) is 7.11 Å². The molecule has 0 aromatic rings. The lowest BCUT2D eigenvalue weighted by atomic mass is 9.62. The minimum atomic E-state index is -0.782. The quantitative estimate of drug-likeness (QED) is 0.549. The number of hydrogen-bond donors (Lipinski definition) is 0. The third-order valence-electron chi connectivity index (χ3n) is 4.34. The monoisotopic (exact) mass is 239 g/mol. The standard InChI is InChI=1S/C13H21NO3/c1-14-8-4-10(5-9-14)11(15)13(6-3-7-13)12(16)17-2/h10H,3-9H2,1-2H3. The molecule has 0 aromatic carbocycles. The summed E-state index contributed by atoms with van der Waals surface area (Å²) in [7, 11) is 3.45. The van der Waals surface area contributed by atoms with Crippen molar-refractivity contribution in [3.63, 3.8) is 0 Å². The van der Waals surface area contributed by atoms with E-state index in [0.29, 0.717) is 12.8 Å². The largest absolute Gasteiger partial charge is 0.468 e. The molecule has 0 spiro atoms. The number of methoxy groups -OCH3 is 1. The van der Waals surface area contributed by atoms with Gasteiger partial charge in [-0.15, -0.1) is 0 Å². The molecular formula is C13H21NO3. The van der Waals surface area contributed by atoms with E-state index < -0.39 is 5.41 Å². The predicted octanol–water partition coefficient (Wildman–Crippen LogP) is 1.24. The maximum Gasteiger partial charge on any atom is 0.319 e. The van der Waals surface area contributed by atoms with Gasteiger partial charge in [-0.3, -0.25) is 9.59 Å². The molecule has 2 fully saturated rings. The van der Waals surface area contributed by atoms with E-state index in [0.717, 1.165) is 32.4 Å². The van der Waals surface area contributed by atoms with Crippen LogP contribution in [0.25, 0.3) is 0 Å². The van der Waals surface area contributed by atoms with Crippen LogP contribution in [0, 0.1) is 11.3 Å². The highest BCUT2D eigenvalue weighted by molar-refractivity contribution is 6.05. The molecule has 0 unspecified atom stereocenters. The Morgan fingerprint density at radius 3 is 2.24 bits per heavy atom. The third-order valence-corrected chi connectivity index (χ3v) is 4.34. The number of nitrogens with zero attached hydrogens (tertiary/aromatic N) is 1. The van der Waals surface area contributed by atoms with Crippen LogP contribution in [0.3, 0.4) is 0 Å². The Bertz CT molecular complexity index is 315. The maximum absolute atomic E-state index is 12.5. The van der Waals surface area contributed by atoms with Crippen molar-refractivity contribution in [3.05, 3.63) is 0 Å². The Labute approximate surface area is 102 Å². The first-order valence-corrected chi connectivity index (χ1v) is 6.41. The second-order valence-corrected chi connectivity index (χ2v) is 5.37. The molecule has 0 bridgehead atoms. The molecule has 96 valence electrons. The van der Waals surface area contributed by atoms with Crippen LogP contribution in [0.5, 0.6) is 0 Å². The molecule has 1 aliphatic carbocycles. The van der Waals surface area contributed by atoms with Crippen molar-refractivity contribution in [1.29, 1.82) is 0 Å². The first kappa shape index (κ1) is 12.6. The molecule has 0 atom stereocenters. The number of rotatable bonds is 3. The van der Waals surface area contributed by atoms with Crippen molar-refractivity contribution in [1.82, 2.24) is 4.90 Å². The number of ether oxygens (including phenoxy) is 1. The SMILES string of the molecule is COC(=O)C1(C(=O)C2CCN(C)CC2)CCC1. The zero-order valence-corrected chi connectivity index (χ0v) is 10.7. The normalized spacial score (nSPS) is 25.1. The van der Waals surface area contributed by atoms with Gasteiger partial charge in [0.1, 0.15) is 5.41 Å². The highest BCUT2D eigenvalue weighted by Gasteiger charge is 2.53. The van der Waals surface area contributed by atoms with Gasteiger partial charge in [-0.1, -0.05) is 6.42 Å². The fourth-order valence-corrected chi connectivity index (χ4v) is 2.94. The van der Waals surface area contributed by atoms with Crippen LogP contribution in [-0.2, 0) is 14.3 Å². The van der Waals surface area contributed by atoms with Crippen molar-refractivity contribution in [3.8, 4) is 0 Å². The molecule has 4 heteroatoms. The van der Waals surface area contributed by atoms with Gasteiger partial charge in [-0.05, 0) is 45.8 Å². The molecule has 2 rings (SSSR count). The van der Waals surface area contributed by atoms with E-state index in [9.17, 15) is 9.59 Å². The smallest absolute Gasteiger partial charge is 0.319 e. The van der Waals surface area contributed by atoms with Crippen LogP contribution in [-0.4, -0.2) is 43.9 Å². The van der Waals surface area contributed by atoms with Crippen LogP contribution in [0.1, 0.15) is 32.1 Å². The zero-order chi connectivity index (χ0) is 12.5. The average molecular weight is 239 g/mol. The topological polar surface area (TPSA) is 46.6 Å². The molecule has 0 radical (unpaired) electrons. The second kappa shape index (κ2) is 4.77. The van der Waals surface area contributed by atoms with Crippen molar-refractivity contribution in [2.75, 3.05) is 27.2 Å². The summed E-state index contributed by atoms with van der Waals surface area (Å²) in [6.07, 6.45) is 4.10. The Kier molecular flexibility index (Phi) is 3.52. The molecule has 17 heavy (non-hydrogen) atoms. The average Bonchev–Trinajstić information content (AvgIpc) is 2.28. The minimum absolute atomic E-state index is 0.0607. The fourth-order valence-electron chi connectivity index (χ4n) is 2.94. The van der Waals surface area contributed by atoms with Crippen LogP contribution in [0.15, 0.2) is 0 Å². The van der Waals surface area contributed by atoms with Gasteiger partial charge in [0.2, 0.25) is 0 Å². The van der Waals surface area contributed by atoms with Crippen LogP contribution >= 0.6 is 0 Å². The molecule has 4 nitrogen and oxygen atoms in total. The van der Waals surface area contributed by atoms with Gasteiger partial charge >= 0.3 is 5.97 Å². The summed E-state index contributed by atoms with van der Waals surface area (Å²) in [6.45, 7) is 1.90.